The van der Waals surface area contributed by atoms with E-state index in [4.69, 9.17) is 10.5 Å². The number of halogens is 3. The Morgan fingerprint density at radius 1 is 1.32 bits per heavy atom. The summed E-state index contributed by atoms with van der Waals surface area (Å²) in [4.78, 5) is 12.1. The van der Waals surface area contributed by atoms with E-state index in [1.165, 1.54) is 0 Å². The lowest BCUT2D eigenvalue weighted by molar-refractivity contribution is -0.124. The number of nitrogens with one attached hydrogen (secondary N) is 1. The summed E-state index contributed by atoms with van der Waals surface area (Å²) in [7, 11) is 0. The molecule has 0 saturated carbocycles. The average Bonchev–Trinajstić information content (AvgIpc) is 2.36. The number of benzene rings is 1. The molecule has 7 heteroatoms. The summed E-state index contributed by atoms with van der Waals surface area (Å²) in [5.41, 5.74) is 4.99. The van der Waals surface area contributed by atoms with E-state index >= 15 is 0 Å². The second-order valence-corrected chi connectivity index (χ2v) is 5.56. The van der Waals surface area contributed by atoms with Gasteiger partial charge in [-0.05, 0) is 47.6 Å². The van der Waals surface area contributed by atoms with Crippen LogP contribution in [0, 0.1) is 15.2 Å². The Hall–Kier alpha value is -0.800. The molecule has 0 aromatic heterocycles. The third-order valence-corrected chi connectivity index (χ3v) is 4.11. The Labute approximate surface area is 122 Å². The van der Waals surface area contributed by atoms with Crippen molar-refractivity contribution >= 4 is 34.2 Å². The number of carbonyl (C=O) groups excluding carboxylic acids is 1. The minimum atomic E-state index is -1.05. The molecule has 1 saturated heterocycles. The zero-order valence-corrected chi connectivity index (χ0v) is 12.2. The van der Waals surface area contributed by atoms with Gasteiger partial charge < -0.3 is 15.8 Å². The molecule has 0 spiro atoms. The Balaban J connectivity index is 2.14. The molecule has 0 unspecified atom stereocenters. The van der Waals surface area contributed by atoms with Crippen LogP contribution in [0.1, 0.15) is 12.8 Å². The quantitative estimate of drug-likeness (QED) is 0.608. The van der Waals surface area contributed by atoms with Crippen LogP contribution in [0.4, 0.5) is 14.5 Å². The number of hydrogen-bond acceptors (Lipinski definition) is 3. The second kappa shape index (κ2) is 5.68. The highest BCUT2D eigenvalue weighted by molar-refractivity contribution is 14.1. The molecular formula is C12H13F2IN2O2. The van der Waals surface area contributed by atoms with E-state index in [2.05, 4.69) is 5.32 Å². The van der Waals surface area contributed by atoms with Crippen LogP contribution in [0.3, 0.4) is 0 Å². The van der Waals surface area contributed by atoms with Crippen LogP contribution in [-0.2, 0) is 9.53 Å². The first kappa shape index (κ1) is 14.6. The zero-order valence-electron chi connectivity index (χ0n) is 10.0. The monoisotopic (exact) mass is 382 g/mol. The standard InChI is InChI=1S/C12H13F2IN2O2/c13-8-5-7(6-9(14)10(8)15)17-11(18)12(16)1-3-19-4-2-12/h5-6H,1-4,16H2,(H,17,18). The number of nitrogens with two attached hydrogens (primary N) is 1. The highest BCUT2D eigenvalue weighted by atomic mass is 127. The Morgan fingerprint density at radius 2 is 1.84 bits per heavy atom. The molecule has 1 aliphatic rings. The smallest absolute Gasteiger partial charge is 0.244 e. The van der Waals surface area contributed by atoms with Crippen molar-refractivity contribution in [2.45, 2.75) is 18.4 Å². The summed E-state index contributed by atoms with van der Waals surface area (Å²) in [6, 6.07) is 2.15. The van der Waals surface area contributed by atoms with Crippen molar-refractivity contribution in [2.24, 2.45) is 5.73 Å². The zero-order chi connectivity index (χ0) is 14.0. The van der Waals surface area contributed by atoms with Crippen molar-refractivity contribution in [1.82, 2.24) is 0 Å². The maximum Gasteiger partial charge on any atom is 0.244 e. The minimum Gasteiger partial charge on any atom is -0.381 e. The molecule has 1 aromatic carbocycles. The summed E-state index contributed by atoms with van der Waals surface area (Å²) in [6.07, 6.45) is 0.766. The largest absolute Gasteiger partial charge is 0.381 e. The molecule has 1 aromatic rings. The van der Waals surface area contributed by atoms with E-state index in [1.807, 2.05) is 0 Å². The first-order valence-corrected chi connectivity index (χ1v) is 6.83. The van der Waals surface area contributed by atoms with Crippen LogP contribution < -0.4 is 11.1 Å². The molecule has 3 N–H and O–H groups in total. The van der Waals surface area contributed by atoms with Gasteiger partial charge in [-0.3, -0.25) is 4.79 Å². The maximum absolute atomic E-state index is 13.4. The lowest BCUT2D eigenvalue weighted by Gasteiger charge is -2.31. The van der Waals surface area contributed by atoms with Crippen molar-refractivity contribution in [3.63, 3.8) is 0 Å². The van der Waals surface area contributed by atoms with Gasteiger partial charge in [-0.2, -0.15) is 0 Å². The average molecular weight is 382 g/mol. The Morgan fingerprint density at radius 3 is 2.37 bits per heavy atom. The number of hydrogen-bond donors (Lipinski definition) is 2. The predicted octanol–water partition coefficient (Wildman–Crippen LogP) is 2.02. The fraction of sp³-hybridized carbons (Fsp3) is 0.417. The van der Waals surface area contributed by atoms with Crippen LogP contribution in [0.25, 0.3) is 0 Å². The summed E-state index contributed by atoms with van der Waals surface area (Å²) in [6.45, 7) is 0.804. The van der Waals surface area contributed by atoms with Crippen molar-refractivity contribution < 1.29 is 18.3 Å². The van der Waals surface area contributed by atoms with Crippen LogP contribution in [0.5, 0.6) is 0 Å². The molecule has 0 aliphatic carbocycles. The normalized spacial score (nSPS) is 18.1. The third kappa shape index (κ3) is 3.21. The van der Waals surface area contributed by atoms with Gasteiger partial charge in [-0.1, -0.05) is 0 Å². The van der Waals surface area contributed by atoms with E-state index in [0.717, 1.165) is 12.1 Å². The van der Waals surface area contributed by atoms with Crippen LogP contribution in [0.15, 0.2) is 12.1 Å². The van der Waals surface area contributed by atoms with Gasteiger partial charge in [0.25, 0.3) is 0 Å². The van der Waals surface area contributed by atoms with Gasteiger partial charge in [-0.25, -0.2) is 8.78 Å². The minimum absolute atomic E-state index is 0.0664. The summed E-state index contributed by atoms with van der Waals surface area (Å²) in [5, 5.41) is 2.46. The predicted molar refractivity (Wildman–Crippen MR) is 74.7 cm³/mol. The van der Waals surface area contributed by atoms with Gasteiger partial charge in [0, 0.05) is 18.9 Å². The van der Waals surface area contributed by atoms with E-state index < -0.39 is 23.1 Å². The van der Waals surface area contributed by atoms with Gasteiger partial charge in [0.1, 0.15) is 17.2 Å². The van der Waals surface area contributed by atoms with Crippen molar-refractivity contribution in [3.8, 4) is 0 Å². The second-order valence-electron chi connectivity index (χ2n) is 4.48. The molecule has 1 amide bonds. The van der Waals surface area contributed by atoms with Gasteiger partial charge in [-0.15, -0.1) is 0 Å². The van der Waals surface area contributed by atoms with Gasteiger partial charge >= 0.3 is 0 Å². The van der Waals surface area contributed by atoms with Gasteiger partial charge in [0.05, 0.1) is 3.57 Å². The van der Waals surface area contributed by atoms with E-state index in [9.17, 15) is 13.6 Å². The fourth-order valence-electron chi connectivity index (χ4n) is 1.85. The molecular weight excluding hydrogens is 369 g/mol. The molecule has 104 valence electrons. The molecule has 1 aliphatic heterocycles. The Bertz CT molecular complexity index is 481. The number of anilines is 1. The Kier molecular flexibility index (Phi) is 4.36. The van der Waals surface area contributed by atoms with Crippen LogP contribution in [0.2, 0.25) is 0 Å². The lowest BCUT2D eigenvalue weighted by Crippen LogP contribution is -2.54. The molecule has 1 fully saturated rings. The van der Waals surface area contributed by atoms with E-state index in [1.54, 1.807) is 22.6 Å². The summed E-state index contributed by atoms with van der Waals surface area (Å²) in [5.74, 6) is -1.88. The van der Waals surface area contributed by atoms with Crippen molar-refractivity contribution in [3.05, 3.63) is 27.3 Å². The van der Waals surface area contributed by atoms with Crippen molar-refractivity contribution in [1.29, 1.82) is 0 Å². The highest BCUT2D eigenvalue weighted by Crippen LogP contribution is 2.23. The molecule has 1 heterocycles. The molecule has 0 atom stereocenters. The number of ether oxygens (including phenoxy) is 1. The molecule has 4 nitrogen and oxygen atoms in total. The number of amides is 1. The summed E-state index contributed by atoms with van der Waals surface area (Å²) >= 11 is 1.56. The third-order valence-electron chi connectivity index (χ3n) is 3.08. The van der Waals surface area contributed by atoms with E-state index in [0.29, 0.717) is 26.1 Å². The molecule has 0 radical (unpaired) electrons. The first-order chi connectivity index (χ1) is 8.92. The molecule has 19 heavy (non-hydrogen) atoms. The van der Waals surface area contributed by atoms with Crippen LogP contribution >= 0.6 is 22.6 Å². The summed E-state index contributed by atoms with van der Waals surface area (Å²) < 4.78 is 31.8. The number of carbonyl (C=O) groups is 1. The van der Waals surface area contributed by atoms with Crippen LogP contribution in [-0.4, -0.2) is 24.7 Å². The van der Waals surface area contributed by atoms with E-state index in [-0.39, 0.29) is 9.26 Å². The maximum atomic E-state index is 13.4. The van der Waals surface area contributed by atoms with Crippen molar-refractivity contribution in [2.75, 3.05) is 18.5 Å². The molecule has 0 bridgehead atoms. The fourth-order valence-corrected chi connectivity index (χ4v) is 2.16. The highest BCUT2D eigenvalue weighted by Gasteiger charge is 2.36. The number of rotatable bonds is 2. The SMILES string of the molecule is NC1(C(=O)Nc2cc(F)c(I)c(F)c2)CCOCC1. The first-order valence-electron chi connectivity index (χ1n) is 5.75. The van der Waals surface area contributed by atoms with Gasteiger partial charge in [0.15, 0.2) is 0 Å². The van der Waals surface area contributed by atoms with Gasteiger partial charge in [0.2, 0.25) is 5.91 Å². The topological polar surface area (TPSA) is 64.4 Å². The molecule has 2 rings (SSSR count). The lowest BCUT2D eigenvalue weighted by atomic mass is 9.90.